The number of rotatable bonds is 11. The fourth-order valence-electron chi connectivity index (χ4n) is 3.10. The molecule has 188 valence electrons. The molecule has 0 aromatic carbocycles. The Kier molecular flexibility index (Phi) is 10.3. The maximum absolute atomic E-state index is 12.1. The third-order valence-electron chi connectivity index (χ3n) is 4.74. The number of alkyl carbamates (subject to hydrolysis) is 1. The number of hydrogen-bond acceptors (Lipinski definition) is 7. The minimum Gasteiger partial charge on any atom is -0.444 e. The van der Waals surface area contributed by atoms with E-state index >= 15 is 0 Å². The average Bonchev–Trinajstić information content (AvgIpc) is 3.22. The van der Waals surface area contributed by atoms with E-state index in [1.807, 2.05) is 20.8 Å². The van der Waals surface area contributed by atoms with Crippen molar-refractivity contribution in [2.24, 2.45) is 0 Å². The van der Waals surface area contributed by atoms with E-state index in [9.17, 15) is 19.2 Å². The van der Waals surface area contributed by atoms with Gasteiger partial charge in [-0.2, -0.15) is 0 Å². The number of aromatic amines is 1. The van der Waals surface area contributed by atoms with Gasteiger partial charge in [0.05, 0.1) is 12.2 Å². The number of carbonyl (C=O) groups excluding carboxylic acids is 2. The van der Waals surface area contributed by atoms with Crippen molar-refractivity contribution >= 4 is 18.1 Å². The van der Waals surface area contributed by atoms with Crippen LogP contribution in [-0.4, -0.2) is 58.1 Å². The van der Waals surface area contributed by atoms with Crippen molar-refractivity contribution in [3.63, 3.8) is 0 Å². The highest BCUT2D eigenvalue weighted by atomic mass is 16.6. The summed E-state index contributed by atoms with van der Waals surface area (Å²) < 4.78 is 11.8. The second-order valence-corrected chi connectivity index (χ2v) is 8.85. The molecule has 0 spiro atoms. The van der Waals surface area contributed by atoms with Crippen molar-refractivity contribution in [2.45, 2.75) is 64.4 Å². The summed E-state index contributed by atoms with van der Waals surface area (Å²) in [5, 5.41) is 14.6. The number of hydrogen-bond donors (Lipinski definition) is 4. The van der Waals surface area contributed by atoms with E-state index < -0.39 is 35.3 Å². The summed E-state index contributed by atoms with van der Waals surface area (Å²) in [5.41, 5.74) is -1.67. The number of aliphatic hydroxyl groups is 1. The third kappa shape index (κ3) is 9.36. The highest BCUT2D eigenvalue weighted by Gasteiger charge is 2.21. The van der Waals surface area contributed by atoms with Gasteiger partial charge in [0.15, 0.2) is 6.23 Å². The van der Waals surface area contributed by atoms with Gasteiger partial charge in [-0.15, -0.1) is 0 Å². The fourth-order valence-corrected chi connectivity index (χ4v) is 3.10. The van der Waals surface area contributed by atoms with E-state index in [0.717, 1.165) is 25.7 Å². The van der Waals surface area contributed by atoms with E-state index in [2.05, 4.69) is 15.6 Å². The smallest absolute Gasteiger partial charge is 0.407 e. The molecule has 34 heavy (non-hydrogen) atoms. The Morgan fingerprint density at radius 1 is 1.15 bits per heavy atom. The molecule has 4 N–H and O–H groups in total. The van der Waals surface area contributed by atoms with Crippen LogP contribution in [0.4, 0.5) is 4.79 Å². The first kappa shape index (κ1) is 27.1. The SMILES string of the molecule is CC(C)(C)OC(=O)NCCCCCCNC(=O)/C=C/c1cn([C@H]2C=C[C@@H](CO)O2)c(=O)[nH]c1=O. The van der Waals surface area contributed by atoms with E-state index in [1.54, 1.807) is 12.2 Å². The number of aliphatic hydroxyl groups excluding tert-OH is 1. The topological polar surface area (TPSA) is 152 Å². The van der Waals surface area contributed by atoms with Gasteiger partial charge in [-0.3, -0.25) is 19.1 Å². The molecule has 2 atom stereocenters. The maximum atomic E-state index is 12.1. The molecule has 1 aliphatic heterocycles. The van der Waals surface area contributed by atoms with Crippen LogP contribution < -0.4 is 21.9 Å². The van der Waals surface area contributed by atoms with Crippen LogP contribution in [0, 0.1) is 0 Å². The molecule has 0 fully saturated rings. The summed E-state index contributed by atoms with van der Waals surface area (Å²) in [6.45, 7) is 6.21. The van der Waals surface area contributed by atoms with Crippen molar-refractivity contribution in [2.75, 3.05) is 19.7 Å². The molecule has 0 radical (unpaired) electrons. The summed E-state index contributed by atoms with van der Waals surface area (Å²) in [7, 11) is 0. The average molecular weight is 479 g/mol. The summed E-state index contributed by atoms with van der Waals surface area (Å²) in [6.07, 6.45) is 8.77. The predicted octanol–water partition coefficient (Wildman–Crippen LogP) is 1.20. The summed E-state index contributed by atoms with van der Waals surface area (Å²) in [4.78, 5) is 49.9. The maximum Gasteiger partial charge on any atom is 0.407 e. The Morgan fingerprint density at radius 3 is 2.44 bits per heavy atom. The third-order valence-corrected chi connectivity index (χ3v) is 4.74. The van der Waals surface area contributed by atoms with Gasteiger partial charge >= 0.3 is 11.8 Å². The van der Waals surface area contributed by atoms with Crippen LogP contribution in [0.5, 0.6) is 0 Å². The number of nitrogens with one attached hydrogen (secondary N) is 3. The van der Waals surface area contributed by atoms with Crippen LogP contribution in [0.1, 0.15) is 58.2 Å². The predicted molar refractivity (Wildman–Crippen MR) is 126 cm³/mol. The number of nitrogens with zero attached hydrogens (tertiary/aromatic N) is 1. The van der Waals surface area contributed by atoms with Crippen LogP contribution in [0.3, 0.4) is 0 Å². The summed E-state index contributed by atoms with van der Waals surface area (Å²) in [6, 6.07) is 0. The van der Waals surface area contributed by atoms with Crippen LogP contribution in [0.2, 0.25) is 0 Å². The number of amides is 2. The Bertz CT molecular complexity index is 1000. The molecule has 2 amide bonds. The second-order valence-electron chi connectivity index (χ2n) is 8.85. The number of ether oxygens (including phenoxy) is 2. The van der Waals surface area contributed by atoms with Gasteiger partial charge in [0.2, 0.25) is 5.91 Å². The van der Waals surface area contributed by atoms with Crippen LogP contribution in [0.15, 0.2) is 34.0 Å². The van der Waals surface area contributed by atoms with Gasteiger partial charge in [0, 0.05) is 25.4 Å². The van der Waals surface area contributed by atoms with E-state index in [1.165, 1.54) is 22.9 Å². The van der Waals surface area contributed by atoms with Gasteiger partial charge in [-0.1, -0.05) is 18.9 Å². The largest absolute Gasteiger partial charge is 0.444 e. The van der Waals surface area contributed by atoms with Gasteiger partial charge in [0.1, 0.15) is 11.7 Å². The van der Waals surface area contributed by atoms with Gasteiger partial charge in [-0.25, -0.2) is 9.59 Å². The lowest BCUT2D eigenvalue weighted by molar-refractivity contribution is -0.116. The molecule has 0 unspecified atom stereocenters. The van der Waals surface area contributed by atoms with Crippen LogP contribution in [0.25, 0.3) is 6.08 Å². The number of carbonyl (C=O) groups is 2. The normalized spacial score (nSPS) is 17.8. The molecule has 1 aromatic heterocycles. The van der Waals surface area contributed by atoms with Crippen molar-refractivity contribution < 1.29 is 24.2 Å². The first-order chi connectivity index (χ1) is 16.1. The van der Waals surface area contributed by atoms with E-state index in [-0.39, 0.29) is 18.1 Å². The van der Waals surface area contributed by atoms with Gasteiger partial charge < -0.3 is 25.2 Å². The van der Waals surface area contributed by atoms with Crippen molar-refractivity contribution in [3.8, 4) is 0 Å². The minimum atomic E-state index is -0.748. The van der Waals surface area contributed by atoms with Crippen LogP contribution >= 0.6 is 0 Å². The Hall–Kier alpha value is -3.18. The Morgan fingerprint density at radius 2 is 1.82 bits per heavy atom. The van der Waals surface area contributed by atoms with Crippen molar-refractivity contribution in [1.29, 1.82) is 0 Å². The molecule has 11 nitrogen and oxygen atoms in total. The molecular formula is C23H34N4O7. The monoisotopic (exact) mass is 478 g/mol. The van der Waals surface area contributed by atoms with Gasteiger partial charge in [-0.05, 0) is 45.8 Å². The highest BCUT2D eigenvalue weighted by molar-refractivity contribution is 5.91. The highest BCUT2D eigenvalue weighted by Crippen LogP contribution is 2.19. The lowest BCUT2D eigenvalue weighted by Gasteiger charge is -2.19. The fraction of sp³-hybridized carbons (Fsp3) is 0.565. The standard InChI is InChI=1S/C23H34N4O7/c1-23(2,3)34-22(32)25-13-7-5-4-6-12-24-18(29)10-8-16-14-27(21(31)26-20(16)30)19-11-9-17(15-28)33-19/h8-11,14,17,19,28H,4-7,12-13,15H2,1-3H3,(H,24,29)(H,25,32)(H,26,30,31)/b10-8+/t17-,19+/m0/s1. The Labute approximate surface area is 197 Å². The number of aromatic nitrogens is 2. The molecule has 1 aliphatic rings. The summed E-state index contributed by atoms with van der Waals surface area (Å²) >= 11 is 0. The molecule has 0 saturated carbocycles. The minimum absolute atomic E-state index is 0.122. The zero-order valence-corrected chi connectivity index (χ0v) is 19.8. The zero-order chi connectivity index (χ0) is 25.1. The lowest BCUT2D eigenvalue weighted by Crippen LogP contribution is -2.33. The first-order valence-electron chi connectivity index (χ1n) is 11.3. The molecule has 11 heteroatoms. The van der Waals surface area contributed by atoms with E-state index in [0.29, 0.717) is 13.1 Å². The van der Waals surface area contributed by atoms with Gasteiger partial charge in [0.25, 0.3) is 5.56 Å². The number of unbranched alkanes of at least 4 members (excludes halogenated alkanes) is 3. The first-order valence-corrected chi connectivity index (χ1v) is 11.3. The van der Waals surface area contributed by atoms with Crippen LogP contribution in [-0.2, 0) is 14.3 Å². The van der Waals surface area contributed by atoms with Crippen molar-refractivity contribution in [1.82, 2.24) is 20.2 Å². The molecule has 0 saturated heterocycles. The summed E-state index contributed by atoms with van der Waals surface area (Å²) in [5.74, 6) is -0.360. The molecule has 0 bridgehead atoms. The quantitative estimate of drug-likeness (QED) is 0.212. The number of H-pyrrole nitrogens is 1. The Balaban J connectivity index is 1.70. The zero-order valence-electron chi connectivity index (χ0n) is 19.8. The van der Waals surface area contributed by atoms with Crippen molar-refractivity contribution in [3.05, 3.63) is 50.8 Å². The second kappa shape index (κ2) is 12.9. The molecular weight excluding hydrogens is 444 g/mol. The van der Waals surface area contributed by atoms with E-state index in [4.69, 9.17) is 14.6 Å². The lowest BCUT2D eigenvalue weighted by atomic mass is 10.2. The molecule has 1 aromatic rings. The molecule has 2 rings (SSSR count). The molecule has 2 heterocycles. The molecule has 0 aliphatic carbocycles.